The van der Waals surface area contributed by atoms with E-state index in [2.05, 4.69) is 13.8 Å². The summed E-state index contributed by atoms with van der Waals surface area (Å²) in [6, 6.07) is 13.5. The molecule has 0 saturated heterocycles. The molecule has 0 aliphatic heterocycles. The molecule has 0 unspecified atom stereocenters. The van der Waals surface area contributed by atoms with Crippen molar-refractivity contribution in [3.8, 4) is 17.6 Å². The van der Waals surface area contributed by atoms with Crippen LogP contribution >= 0.6 is 0 Å². The van der Waals surface area contributed by atoms with Crippen LogP contribution in [0.15, 0.2) is 42.5 Å². The van der Waals surface area contributed by atoms with E-state index in [0.717, 1.165) is 5.56 Å². The van der Waals surface area contributed by atoms with Gasteiger partial charge in [-0.25, -0.2) is 4.39 Å². The number of ether oxygens (including phenoxy) is 1. The van der Waals surface area contributed by atoms with Crippen molar-refractivity contribution >= 4 is 0 Å². The number of hydrogen-bond donors (Lipinski definition) is 0. The van der Waals surface area contributed by atoms with Gasteiger partial charge >= 0.3 is 0 Å². The molecule has 0 saturated carbocycles. The largest absolute Gasteiger partial charge is 0.457 e. The summed E-state index contributed by atoms with van der Waals surface area (Å²) in [6.07, 6.45) is 0. The molecule has 96 valence electrons. The van der Waals surface area contributed by atoms with Gasteiger partial charge in [0.15, 0.2) is 0 Å². The van der Waals surface area contributed by atoms with Crippen molar-refractivity contribution in [2.75, 3.05) is 0 Å². The van der Waals surface area contributed by atoms with Gasteiger partial charge in [0.1, 0.15) is 17.3 Å². The zero-order valence-corrected chi connectivity index (χ0v) is 10.9. The van der Waals surface area contributed by atoms with E-state index < -0.39 is 5.82 Å². The van der Waals surface area contributed by atoms with E-state index in [1.165, 1.54) is 18.2 Å². The molecule has 0 aliphatic rings. The minimum atomic E-state index is -0.476. The third kappa shape index (κ3) is 3.11. The Bertz CT molecular complexity index is 629. The van der Waals surface area contributed by atoms with E-state index in [0.29, 0.717) is 17.4 Å². The fourth-order valence-electron chi connectivity index (χ4n) is 1.86. The quantitative estimate of drug-likeness (QED) is 0.802. The Morgan fingerprint density at radius 2 is 1.89 bits per heavy atom. The van der Waals surface area contributed by atoms with Gasteiger partial charge in [-0.15, -0.1) is 0 Å². The summed E-state index contributed by atoms with van der Waals surface area (Å²) in [5.74, 6) is 0.855. The summed E-state index contributed by atoms with van der Waals surface area (Å²) in [5.41, 5.74) is 1.29. The summed E-state index contributed by atoms with van der Waals surface area (Å²) in [7, 11) is 0. The molecule has 19 heavy (non-hydrogen) atoms. The number of rotatable bonds is 3. The Morgan fingerprint density at radius 1 is 1.16 bits per heavy atom. The van der Waals surface area contributed by atoms with Crippen LogP contribution in [-0.2, 0) is 0 Å². The van der Waals surface area contributed by atoms with E-state index in [1.807, 2.05) is 30.3 Å². The third-order valence-corrected chi connectivity index (χ3v) is 2.77. The van der Waals surface area contributed by atoms with Gasteiger partial charge in [-0.1, -0.05) is 32.0 Å². The highest BCUT2D eigenvalue weighted by atomic mass is 19.1. The molecule has 2 rings (SSSR count). The maximum Gasteiger partial charge on any atom is 0.131 e. The zero-order chi connectivity index (χ0) is 13.8. The molecule has 2 aromatic carbocycles. The van der Waals surface area contributed by atoms with Gasteiger partial charge in [0, 0.05) is 6.07 Å². The number of para-hydroxylation sites is 1. The standard InChI is InChI=1S/C16H14FNO/c1-11(2)15-5-3-4-6-16(15)19-14-8-12(10-18)7-13(17)9-14/h3-9,11H,1-2H3. The van der Waals surface area contributed by atoms with Crippen molar-refractivity contribution in [3.63, 3.8) is 0 Å². The topological polar surface area (TPSA) is 33.0 Å². The van der Waals surface area contributed by atoms with Crippen LogP contribution in [0.3, 0.4) is 0 Å². The van der Waals surface area contributed by atoms with Crippen molar-refractivity contribution in [1.29, 1.82) is 5.26 Å². The van der Waals surface area contributed by atoms with Crippen LogP contribution in [0.25, 0.3) is 0 Å². The van der Waals surface area contributed by atoms with Crippen LogP contribution in [0.2, 0.25) is 0 Å². The predicted octanol–water partition coefficient (Wildman–Crippen LogP) is 4.61. The van der Waals surface area contributed by atoms with Crippen molar-refractivity contribution in [1.82, 2.24) is 0 Å². The van der Waals surface area contributed by atoms with Gasteiger partial charge in [0.25, 0.3) is 0 Å². The molecule has 2 nitrogen and oxygen atoms in total. The summed E-state index contributed by atoms with van der Waals surface area (Å²) >= 11 is 0. The Kier molecular flexibility index (Phi) is 3.82. The Labute approximate surface area is 112 Å². The fraction of sp³-hybridized carbons (Fsp3) is 0.188. The van der Waals surface area contributed by atoms with Crippen molar-refractivity contribution < 1.29 is 9.13 Å². The number of nitriles is 1. The van der Waals surface area contributed by atoms with Gasteiger partial charge in [-0.3, -0.25) is 0 Å². The molecule has 0 fully saturated rings. The molecule has 0 spiro atoms. The Morgan fingerprint density at radius 3 is 2.58 bits per heavy atom. The van der Waals surface area contributed by atoms with Gasteiger partial charge in [0.2, 0.25) is 0 Å². The lowest BCUT2D eigenvalue weighted by Crippen LogP contribution is -1.94. The van der Waals surface area contributed by atoms with E-state index in [1.54, 1.807) is 0 Å². The van der Waals surface area contributed by atoms with Gasteiger partial charge in [0.05, 0.1) is 11.6 Å². The number of benzene rings is 2. The fourth-order valence-corrected chi connectivity index (χ4v) is 1.86. The summed E-state index contributed by atoms with van der Waals surface area (Å²) in [5, 5.41) is 8.82. The maximum absolute atomic E-state index is 13.3. The second kappa shape index (κ2) is 5.53. The van der Waals surface area contributed by atoms with E-state index >= 15 is 0 Å². The van der Waals surface area contributed by atoms with Crippen LogP contribution in [0.4, 0.5) is 4.39 Å². The van der Waals surface area contributed by atoms with Crippen LogP contribution in [-0.4, -0.2) is 0 Å². The van der Waals surface area contributed by atoms with Crippen LogP contribution in [0.5, 0.6) is 11.5 Å². The first-order chi connectivity index (χ1) is 9.10. The normalized spacial score (nSPS) is 10.3. The lowest BCUT2D eigenvalue weighted by molar-refractivity contribution is 0.467. The first-order valence-corrected chi connectivity index (χ1v) is 6.07. The Balaban J connectivity index is 2.37. The molecule has 0 aliphatic carbocycles. The highest BCUT2D eigenvalue weighted by Crippen LogP contribution is 2.30. The SMILES string of the molecule is CC(C)c1ccccc1Oc1cc(F)cc(C#N)c1. The van der Waals surface area contributed by atoms with E-state index in [4.69, 9.17) is 10.00 Å². The van der Waals surface area contributed by atoms with E-state index in [-0.39, 0.29) is 5.56 Å². The zero-order valence-electron chi connectivity index (χ0n) is 10.9. The highest BCUT2D eigenvalue weighted by molar-refractivity contribution is 5.42. The Hall–Kier alpha value is -2.34. The highest BCUT2D eigenvalue weighted by Gasteiger charge is 2.09. The van der Waals surface area contributed by atoms with Crippen LogP contribution in [0, 0.1) is 17.1 Å². The smallest absolute Gasteiger partial charge is 0.131 e. The molecule has 0 amide bonds. The van der Waals surface area contributed by atoms with Gasteiger partial charge < -0.3 is 4.74 Å². The number of halogens is 1. The summed E-state index contributed by atoms with van der Waals surface area (Å²) in [4.78, 5) is 0. The minimum absolute atomic E-state index is 0.247. The molecular weight excluding hydrogens is 241 g/mol. The van der Waals surface area contributed by atoms with Crippen molar-refractivity contribution in [3.05, 3.63) is 59.4 Å². The molecule has 0 N–H and O–H groups in total. The first-order valence-electron chi connectivity index (χ1n) is 6.07. The molecular formula is C16H14FNO. The molecule has 0 heterocycles. The minimum Gasteiger partial charge on any atom is -0.457 e. The molecule has 0 aromatic heterocycles. The predicted molar refractivity (Wildman–Crippen MR) is 71.7 cm³/mol. The summed E-state index contributed by atoms with van der Waals surface area (Å²) in [6.45, 7) is 4.13. The monoisotopic (exact) mass is 255 g/mol. The van der Waals surface area contributed by atoms with Crippen LogP contribution in [0.1, 0.15) is 30.9 Å². The molecule has 0 radical (unpaired) electrons. The maximum atomic E-state index is 13.3. The van der Waals surface area contributed by atoms with Gasteiger partial charge in [-0.05, 0) is 29.7 Å². The van der Waals surface area contributed by atoms with Gasteiger partial charge in [-0.2, -0.15) is 5.26 Å². The second-order valence-electron chi connectivity index (χ2n) is 4.58. The lowest BCUT2D eigenvalue weighted by Gasteiger charge is -2.13. The molecule has 0 atom stereocenters. The number of nitrogens with zero attached hydrogens (tertiary/aromatic N) is 1. The molecule has 2 aromatic rings. The second-order valence-corrected chi connectivity index (χ2v) is 4.58. The third-order valence-electron chi connectivity index (χ3n) is 2.77. The lowest BCUT2D eigenvalue weighted by atomic mass is 10.0. The summed E-state index contributed by atoms with van der Waals surface area (Å²) < 4.78 is 19.0. The molecule has 0 bridgehead atoms. The van der Waals surface area contributed by atoms with E-state index in [9.17, 15) is 4.39 Å². The van der Waals surface area contributed by atoms with Crippen molar-refractivity contribution in [2.24, 2.45) is 0 Å². The number of hydrogen-bond acceptors (Lipinski definition) is 2. The first kappa shape index (κ1) is 13.1. The average molecular weight is 255 g/mol. The molecule has 3 heteroatoms. The van der Waals surface area contributed by atoms with Crippen LogP contribution < -0.4 is 4.74 Å². The average Bonchev–Trinajstić information content (AvgIpc) is 2.38. The van der Waals surface area contributed by atoms with Crippen molar-refractivity contribution in [2.45, 2.75) is 19.8 Å².